The summed E-state index contributed by atoms with van der Waals surface area (Å²) in [5.74, 6) is 0.403. The summed E-state index contributed by atoms with van der Waals surface area (Å²) in [5, 5.41) is 8.97. The van der Waals surface area contributed by atoms with Crippen LogP contribution in [0.3, 0.4) is 0 Å². The number of hydrogen-bond donors (Lipinski definition) is 3. The van der Waals surface area contributed by atoms with Crippen LogP contribution in [0.15, 0.2) is 18.2 Å². The Labute approximate surface area is 142 Å². The van der Waals surface area contributed by atoms with E-state index in [1.54, 1.807) is 25.3 Å². The van der Waals surface area contributed by atoms with Crippen molar-refractivity contribution < 1.29 is 14.3 Å². The number of amides is 2. The Hall–Kier alpha value is -1.79. The van der Waals surface area contributed by atoms with E-state index in [2.05, 4.69) is 22.9 Å². The van der Waals surface area contributed by atoms with Gasteiger partial charge in [0.1, 0.15) is 5.75 Å². The van der Waals surface area contributed by atoms with Gasteiger partial charge in [0.15, 0.2) is 0 Å². The summed E-state index contributed by atoms with van der Waals surface area (Å²) in [7, 11) is 1.56. The molecule has 1 fully saturated rings. The molecule has 0 aliphatic carbocycles. The molecule has 0 radical (unpaired) electrons. The molecule has 6 nitrogen and oxygen atoms in total. The van der Waals surface area contributed by atoms with E-state index in [-0.39, 0.29) is 30.1 Å². The van der Waals surface area contributed by atoms with Crippen LogP contribution in [-0.4, -0.2) is 31.5 Å². The van der Waals surface area contributed by atoms with Crippen LogP contribution in [0, 0.1) is 5.92 Å². The number of ether oxygens (including phenoxy) is 1. The number of rotatable bonds is 4. The van der Waals surface area contributed by atoms with Crippen molar-refractivity contribution in [1.29, 1.82) is 0 Å². The van der Waals surface area contributed by atoms with E-state index in [4.69, 9.17) is 4.74 Å². The van der Waals surface area contributed by atoms with Crippen LogP contribution in [0.25, 0.3) is 0 Å². The van der Waals surface area contributed by atoms with Crippen molar-refractivity contribution >= 4 is 35.6 Å². The van der Waals surface area contributed by atoms with Gasteiger partial charge in [0.2, 0.25) is 11.8 Å². The minimum atomic E-state index is -0.184. The van der Waals surface area contributed by atoms with Gasteiger partial charge in [0, 0.05) is 24.9 Å². The monoisotopic (exact) mass is 341 g/mol. The molecule has 7 heteroatoms. The summed E-state index contributed by atoms with van der Waals surface area (Å²) in [4.78, 5) is 23.7. The number of nitrogens with one attached hydrogen (secondary N) is 3. The van der Waals surface area contributed by atoms with Gasteiger partial charge in [0.05, 0.1) is 18.5 Å². The SMILES string of the molecule is COc1ccc(NC(C)=O)c(NC(=O)[C@H]2CCN[C@@H](C)C2)c1.Cl. The summed E-state index contributed by atoms with van der Waals surface area (Å²) in [5.41, 5.74) is 1.13. The third kappa shape index (κ3) is 5.41. The number of anilines is 2. The molecule has 2 rings (SSSR count). The minimum absolute atomic E-state index is 0. The maximum atomic E-state index is 12.5. The van der Waals surface area contributed by atoms with E-state index >= 15 is 0 Å². The lowest BCUT2D eigenvalue weighted by Crippen LogP contribution is -2.40. The predicted octanol–water partition coefficient (Wildman–Crippen LogP) is 2.40. The first-order valence-electron chi connectivity index (χ1n) is 7.49. The van der Waals surface area contributed by atoms with E-state index in [1.807, 2.05) is 0 Å². The standard InChI is InChI=1S/C16H23N3O3.ClH/c1-10-8-12(6-7-17-10)16(21)19-15-9-13(22-3)4-5-14(15)18-11(2)20;/h4-5,9-10,12,17H,6-8H2,1-3H3,(H,18,20)(H,19,21);1H/t10-,12-;/m0./s1. The fraction of sp³-hybridized carbons (Fsp3) is 0.500. The quantitative estimate of drug-likeness (QED) is 0.785. The summed E-state index contributed by atoms with van der Waals surface area (Å²) in [6, 6.07) is 5.52. The van der Waals surface area contributed by atoms with Gasteiger partial charge in [-0.15, -0.1) is 12.4 Å². The van der Waals surface area contributed by atoms with Crippen LogP contribution >= 0.6 is 12.4 Å². The van der Waals surface area contributed by atoms with E-state index in [9.17, 15) is 9.59 Å². The van der Waals surface area contributed by atoms with Gasteiger partial charge in [-0.3, -0.25) is 9.59 Å². The maximum absolute atomic E-state index is 12.5. The predicted molar refractivity (Wildman–Crippen MR) is 93.4 cm³/mol. The van der Waals surface area contributed by atoms with Crippen molar-refractivity contribution in [1.82, 2.24) is 5.32 Å². The molecule has 0 unspecified atom stereocenters. The lowest BCUT2D eigenvalue weighted by atomic mass is 9.92. The Morgan fingerprint density at radius 2 is 2.00 bits per heavy atom. The molecule has 0 saturated carbocycles. The molecular weight excluding hydrogens is 318 g/mol. The van der Waals surface area contributed by atoms with Crippen LogP contribution in [0.2, 0.25) is 0 Å². The second-order valence-electron chi connectivity index (χ2n) is 5.66. The third-order valence-electron chi connectivity index (χ3n) is 3.79. The molecule has 2 amide bonds. The van der Waals surface area contributed by atoms with Crippen LogP contribution < -0.4 is 20.7 Å². The highest BCUT2D eigenvalue weighted by molar-refractivity contribution is 6.00. The molecule has 1 aromatic carbocycles. The van der Waals surface area contributed by atoms with Crippen LogP contribution in [0.4, 0.5) is 11.4 Å². The summed E-state index contributed by atoms with van der Waals surface area (Å²) in [6.45, 7) is 4.36. The van der Waals surface area contributed by atoms with Crippen molar-refractivity contribution in [2.24, 2.45) is 5.92 Å². The zero-order valence-electron chi connectivity index (χ0n) is 13.6. The Bertz CT molecular complexity index is 566. The first-order chi connectivity index (χ1) is 10.5. The Balaban J connectivity index is 0.00000264. The smallest absolute Gasteiger partial charge is 0.227 e. The third-order valence-corrected chi connectivity index (χ3v) is 3.79. The molecule has 1 heterocycles. The average molecular weight is 342 g/mol. The molecule has 1 aliphatic heterocycles. The van der Waals surface area contributed by atoms with Gasteiger partial charge < -0.3 is 20.7 Å². The Kier molecular flexibility index (Phi) is 7.32. The highest BCUT2D eigenvalue weighted by atomic mass is 35.5. The molecule has 23 heavy (non-hydrogen) atoms. The molecule has 0 spiro atoms. The van der Waals surface area contributed by atoms with Crippen molar-refractivity contribution in [3.05, 3.63) is 18.2 Å². The number of benzene rings is 1. The molecule has 3 N–H and O–H groups in total. The van der Waals surface area contributed by atoms with Crippen molar-refractivity contribution in [2.75, 3.05) is 24.3 Å². The van der Waals surface area contributed by atoms with Gasteiger partial charge in [-0.05, 0) is 38.4 Å². The number of carbonyl (C=O) groups excluding carboxylic acids is 2. The van der Waals surface area contributed by atoms with Crippen LogP contribution in [0.5, 0.6) is 5.75 Å². The first kappa shape index (κ1) is 19.3. The van der Waals surface area contributed by atoms with Gasteiger partial charge in [0.25, 0.3) is 0 Å². The number of hydrogen-bond acceptors (Lipinski definition) is 4. The number of halogens is 1. The molecule has 128 valence electrons. The van der Waals surface area contributed by atoms with Crippen molar-refractivity contribution in [3.63, 3.8) is 0 Å². The van der Waals surface area contributed by atoms with E-state index in [0.717, 1.165) is 19.4 Å². The van der Waals surface area contributed by atoms with Gasteiger partial charge in [-0.1, -0.05) is 0 Å². The summed E-state index contributed by atoms with van der Waals surface area (Å²) >= 11 is 0. The fourth-order valence-corrected chi connectivity index (χ4v) is 2.66. The van der Waals surface area contributed by atoms with Crippen LogP contribution in [-0.2, 0) is 9.59 Å². The summed E-state index contributed by atoms with van der Waals surface area (Å²) in [6.07, 6.45) is 1.63. The van der Waals surface area contributed by atoms with E-state index in [0.29, 0.717) is 23.2 Å². The van der Waals surface area contributed by atoms with Crippen LogP contribution in [0.1, 0.15) is 26.7 Å². The first-order valence-corrected chi connectivity index (χ1v) is 7.49. The molecular formula is C16H24ClN3O3. The second kappa shape index (κ2) is 8.74. The Morgan fingerprint density at radius 1 is 1.26 bits per heavy atom. The molecule has 1 aliphatic rings. The molecule has 1 aromatic rings. The van der Waals surface area contributed by atoms with Crippen molar-refractivity contribution in [2.45, 2.75) is 32.7 Å². The highest BCUT2D eigenvalue weighted by Crippen LogP contribution is 2.28. The van der Waals surface area contributed by atoms with E-state index in [1.165, 1.54) is 6.92 Å². The maximum Gasteiger partial charge on any atom is 0.227 e. The molecule has 0 aromatic heterocycles. The fourth-order valence-electron chi connectivity index (χ4n) is 2.66. The molecule has 1 saturated heterocycles. The molecule has 0 bridgehead atoms. The number of piperidine rings is 1. The second-order valence-corrected chi connectivity index (χ2v) is 5.66. The van der Waals surface area contributed by atoms with Gasteiger partial charge >= 0.3 is 0 Å². The largest absolute Gasteiger partial charge is 0.497 e. The van der Waals surface area contributed by atoms with Gasteiger partial charge in [-0.2, -0.15) is 0 Å². The summed E-state index contributed by atoms with van der Waals surface area (Å²) < 4.78 is 5.18. The van der Waals surface area contributed by atoms with E-state index < -0.39 is 0 Å². The molecule has 2 atom stereocenters. The zero-order valence-corrected chi connectivity index (χ0v) is 14.5. The lowest BCUT2D eigenvalue weighted by molar-refractivity contribution is -0.121. The highest BCUT2D eigenvalue weighted by Gasteiger charge is 2.25. The average Bonchev–Trinajstić information content (AvgIpc) is 2.48. The van der Waals surface area contributed by atoms with Gasteiger partial charge in [-0.25, -0.2) is 0 Å². The number of methoxy groups -OCH3 is 1. The Morgan fingerprint density at radius 3 is 2.61 bits per heavy atom. The topological polar surface area (TPSA) is 79.5 Å². The van der Waals surface area contributed by atoms with Crippen molar-refractivity contribution in [3.8, 4) is 5.75 Å². The minimum Gasteiger partial charge on any atom is -0.497 e. The normalized spacial score (nSPS) is 20.1. The number of carbonyl (C=O) groups is 2. The zero-order chi connectivity index (χ0) is 16.1. The lowest BCUT2D eigenvalue weighted by Gasteiger charge is -2.27.